The minimum Gasteiger partial charge on any atom is -0.380 e. The Kier molecular flexibility index (Phi) is 3.89. The number of nitrogens with zero attached hydrogens (tertiary/aromatic N) is 1. The van der Waals surface area contributed by atoms with Crippen molar-refractivity contribution in [1.82, 2.24) is 0 Å². The second-order valence-corrected chi connectivity index (χ2v) is 5.71. The molecule has 0 unspecified atom stereocenters. The van der Waals surface area contributed by atoms with Crippen molar-refractivity contribution in [3.8, 4) is 6.07 Å². The summed E-state index contributed by atoms with van der Waals surface area (Å²) in [4.78, 5) is 0. The SMILES string of the molecule is N#Cc1cc(Br)ccc1NCc1cccc2ccccc12. The van der Waals surface area contributed by atoms with Crippen molar-refractivity contribution in [2.24, 2.45) is 0 Å². The Balaban J connectivity index is 1.89. The van der Waals surface area contributed by atoms with Gasteiger partial charge in [0.1, 0.15) is 6.07 Å². The number of halogens is 1. The van der Waals surface area contributed by atoms with E-state index in [9.17, 15) is 5.26 Å². The molecule has 0 heterocycles. The van der Waals surface area contributed by atoms with Gasteiger partial charge in [0.05, 0.1) is 11.3 Å². The summed E-state index contributed by atoms with van der Waals surface area (Å²) in [5, 5.41) is 15.0. The normalized spacial score (nSPS) is 10.3. The molecule has 1 N–H and O–H groups in total. The Morgan fingerprint density at radius 3 is 2.67 bits per heavy atom. The predicted molar refractivity (Wildman–Crippen MR) is 90.1 cm³/mol. The van der Waals surface area contributed by atoms with Gasteiger partial charge in [-0.1, -0.05) is 58.4 Å². The second kappa shape index (κ2) is 5.99. The first kappa shape index (κ1) is 13.7. The van der Waals surface area contributed by atoms with E-state index in [1.54, 1.807) is 0 Å². The topological polar surface area (TPSA) is 35.8 Å². The first-order valence-electron chi connectivity index (χ1n) is 6.68. The van der Waals surface area contributed by atoms with E-state index < -0.39 is 0 Å². The molecule has 0 spiro atoms. The largest absolute Gasteiger partial charge is 0.380 e. The number of nitrogens with one attached hydrogen (secondary N) is 1. The maximum absolute atomic E-state index is 9.20. The van der Waals surface area contributed by atoms with Crippen molar-refractivity contribution in [3.63, 3.8) is 0 Å². The summed E-state index contributed by atoms with van der Waals surface area (Å²) in [6.07, 6.45) is 0. The number of hydrogen-bond acceptors (Lipinski definition) is 2. The average Bonchev–Trinajstić information content (AvgIpc) is 2.53. The summed E-state index contributed by atoms with van der Waals surface area (Å²) < 4.78 is 0.912. The Morgan fingerprint density at radius 2 is 1.81 bits per heavy atom. The Morgan fingerprint density at radius 1 is 1.00 bits per heavy atom. The molecule has 3 heteroatoms. The molecule has 0 saturated heterocycles. The molecule has 0 aliphatic rings. The van der Waals surface area contributed by atoms with Crippen LogP contribution in [0, 0.1) is 11.3 Å². The average molecular weight is 337 g/mol. The van der Waals surface area contributed by atoms with Gasteiger partial charge in [-0.2, -0.15) is 5.26 Å². The minimum absolute atomic E-state index is 0.643. The van der Waals surface area contributed by atoms with Gasteiger partial charge in [0.25, 0.3) is 0 Å². The minimum atomic E-state index is 0.643. The van der Waals surface area contributed by atoms with Crippen LogP contribution in [-0.2, 0) is 6.54 Å². The highest BCUT2D eigenvalue weighted by Crippen LogP contribution is 2.23. The van der Waals surface area contributed by atoms with E-state index in [2.05, 4.69) is 57.6 Å². The summed E-state index contributed by atoms with van der Waals surface area (Å²) in [7, 11) is 0. The summed E-state index contributed by atoms with van der Waals surface area (Å²) >= 11 is 3.39. The number of nitriles is 1. The van der Waals surface area contributed by atoms with Crippen molar-refractivity contribution >= 4 is 32.4 Å². The van der Waals surface area contributed by atoms with E-state index in [1.807, 2.05) is 30.3 Å². The van der Waals surface area contributed by atoms with Crippen LogP contribution < -0.4 is 5.32 Å². The zero-order chi connectivity index (χ0) is 14.7. The standard InChI is InChI=1S/C18H13BrN2/c19-16-8-9-18(15(10-16)11-20)21-12-14-6-3-5-13-4-1-2-7-17(13)14/h1-10,21H,12H2. The van der Waals surface area contributed by atoms with Crippen molar-refractivity contribution in [1.29, 1.82) is 5.26 Å². The van der Waals surface area contributed by atoms with Gasteiger partial charge in [-0.3, -0.25) is 0 Å². The summed E-state index contributed by atoms with van der Waals surface area (Å²) in [6.45, 7) is 0.692. The Bertz CT molecular complexity index is 829. The molecule has 0 radical (unpaired) electrons. The van der Waals surface area contributed by atoms with Crippen LogP contribution in [0.25, 0.3) is 10.8 Å². The molecule has 102 valence electrons. The van der Waals surface area contributed by atoms with Gasteiger partial charge in [0, 0.05) is 11.0 Å². The Labute approximate surface area is 132 Å². The number of anilines is 1. The smallest absolute Gasteiger partial charge is 0.101 e. The highest BCUT2D eigenvalue weighted by atomic mass is 79.9. The summed E-state index contributed by atoms with van der Waals surface area (Å²) in [6, 6.07) is 22.5. The lowest BCUT2D eigenvalue weighted by molar-refractivity contribution is 1.16. The van der Waals surface area contributed by atoms with Gasteiger partial charge in [-0.05, 0) is 34.5 Å². The molecular weight excluding hydrogens is 324 g/mol. The monoisotopic (exact) mass is 336 g/mol. The van der Waals surface area contributed by atoms with Gasteiger partial charge < -0.3 is 5.32 Å². The van der Waals surface area contributed by atoms with E-state index in [0.717, 1.165) is 10.2 Å². The fourth-order valence-electron chi connectivity index (χ4n) is 2.40. The highest BCUT2D eigenvalue weighted by molar-refractivity contribution is 9.10. The van der Waals surface area contributed by atoms with Gasteiger partial charge in [0.15, 0.2) is 0 Å². The molecule has 21 heavy (non-hydrogen) atoms. The number of hydrogen-bond donors (Lipinski definition) is 1. The quantitative estimate of drug-likeness (QED) is 0.723. The Hall–Kier alpha value is -2.31. The summed E-state index contributed by atoms with van der Waals surface area (Å²) in [5.41, 5.74) is 2.72. The first-order valence-corrected chi connectivity index (χ1v) is 7.47. The van der Waals surface area contributed by atoms with E-state index in [1.165, 1.54) is 16.3 Å². The molecule has 0 saturated carbocycles. The maximum atomic E-state index is 9.20. The van der Waals surface area contributed by atoms with Gasteiger partial charge in [-0.25, -0.2) is 0 Å². The molecule has 0 atom stereocenters. The van der Waals surface area contributed by atoms with Crippen LogP contribution in [0.2, 0.25) is 0 Å². The second-order valence-electron chi connectivity index (χ2n) is 4.79. The summed E-state index contributed by atoms with van der Waals surface area (Å²) in [5.74, 6) is 0. The van der Waals surface area contributed by atoms with Crippen molar-refractivity contribution in [2.45, 2.75) is 6.54 Å². The maximum Gasteiger partial charge on any atom is 0.101 e. The molecule has 0 bridgehead atoms. The van der Waals surface area contributed by atoms with Crippen LogP contribution in [0.1, 0.15) is 11.1 Å². The lowest BCUT2D eigenvalue weighted by Crippen LogP contribution is -2.01. The van der Waals surface area contributed by atoms with Crippen LogP contribution >= 0.6 is 15.9 Å². The van der Waals surface area contributed by atoms with E-state index in [-0.39, 0.29) is 0 Å². The molecule has 0 amide bonds. The van der Waals surface area contributed by atoms with Crippen molar-refractivity contribution < 1.29 is 0 Å². The molecule has 0 fully saturated rings. The number of benzene rings is 3. The lowest BCUT2D eigenvalue weighted by Gasteiger charge is -2.11. The lowest BCUT2D eigenvalue weighted by atomic mass is 10.0. The van der Waals surface area contributed by atoms with Gasteiger partial charge in [-0.15, -0.1) is 0 Å². The van der Waals surface area contributed by atoms with Crippen LogP contribution in [-0.4, -0.2) is 0 Å². The van der Waals surface area contributed by atoms with E-state index >= 15 is 0 Å². The van der Waals surface area contributed by atoms with Crippen LogP contribution in [0.3, 0.4) is 0 Å². The molecule has 0 aliphatic heterocycles. The molecule has 3 aromatic rings. The molecule has 0 aliphatic carbocycles. The molecule has 3 aromatic carbocycles. The van der Waals surface area contributed by atoms with Crippen LogP contribution in [0.15, 0.2) is 65.1 Å². The van der Waals surface area contributed by atoms with Crippen LogP contribution in [0.4, 0.5) is 5.69 Å². The molecule has 0 aromatic heterocycles. The van der Waals surface area contributed by atoms with Crippen molar-refractivity contribution in [2.75, 3.05) is 5.32 Å². The van der Waals surface area contributed by atoms with E-state index in [4.69, 9.17) is 0 Å². The van der Waals surface area contributed by atoms with Gasteiger partial charge >= 0.3 is 0 Å². The number of fused-ring (bicyclic) bond motifs is 1. The third kappa shape index (κ3) is 2.91. The fraction of sp³-hybridized carbons (Fsp3) is 0.0556. The molecule has 2 nitrogen and oxygen atoms in total. The zero-order valence-electron chi connectivity index (χ0n) is 11.3. The fourth-order valence-corrected chi connectivity index (χ4v) is 2.76. The number of rotatable bonds is 3. The molecular formula is C18H13BrN2. The third-order valence-corrected chi connectivity index (χ3v) is 3.94. The van der Waals surface area contributed by atoms with Crippen LogP contribution in [0.5, 0.6) is 0 Å². The zero-order valence-corrected chi connectivity index (χ0v) is 12.9. The van der Waals surface area contributed by atoms with E-state index in [0.29, 0.717) is 12.1 Å². The van der Waals surface area contributed by atoms with Gasteiger partial charge in [0.2, 0.25) is 0 Å². The molecule has 3 rings (SSSR count). The highest BCUT2D eigenvalue weighted by Gasteiger charge is 2.04. The third-order valence-electron chi connectivity index (χ3n) is 3.45. The predicted octanol–water partition coefficient (Wildman–Crippen LogP) is 5.09. The van der Waals surface area contributed by atoms with Crippen molar-refractivity contribution in [3.05, 3.63) is 76.3 Å². The first-order chi connectivity index (χ1) is 10.3.